The molecule has 0 spiro atoms. The van der Waals surface area contributed by atoms with Crippen molar-refractivity contribution in [3.63, 3.8) is 0 Å². The van der Waals surface area contributed by atoms with Gasteiger partial charge < -0.3 is 15.5 Å². The molecule has 0 radical (unpaired) electrons. The van der Waals surface area contributed by atoms with E-state index in [1.54, 1.807) is 0 Å². The van der Waals surface area contributed by atoms with Gasteiger partial charge in [-0.3, -0.25) is 0 Å². The highest BCUT2D eigenvalue weighted by Crippen LogP contribution is 2.21. The second kappa shape index (κ2) is 7.09. The number of likely N-dealkylation sites (N-methyl/N-ethyl adjacent to an activating group) is 2. The lowest BCUT2D eigenvalue weighted by Crippen LogP contribution is -2.45. The average molecular weight is 275 g/mol. The first kappa shape index (κ1) is 15.3. The zero-order valence-electron chi connectivity index (χ0n) is 13.2. The van der Waals surface area contributed by atoms with Crippen LogP contribution in [-0.2, 0) is 6.42 Å². The van der Waals surface area contributed by atoms with E-state index in [0.29, 0.717) is 6.04 Å². The number of nitrogens with zero attached hydrogens (tertiary/aromatic N) is 2. The summed E-state index contributed by atoms with van der Waals surface area (Å²) in [7, 11) is 4.44. The fraction of sp³-hybridized carbons (Fsp3) is 0.647. The Morgan fingerprint density at radius 3 is 2.65 bits per heavy atom. The van der Waals surface area contributed by atoms with Crippen molar-refractivity contribution in [1.29, 1.82) is 0 Å². The molecule has 0 aromatic heterocycles. The van der Waals surface area contributed by atoms with E-state index in [0.717, 1.165) is 12.8 Å². The summed E-state index contributed by atoms with van der Waals surface area (Å²) in [5, 5.41) is 0. The third-order valence-electron chi connectivity index (χ3n) is 4.51. The molecule has 3 heteroatoms. The van der Waals surface area contributed by atoms with Gasteiger partial charge in [0.25, 0.3) is 0 Å². The number of benzene rings is 1. The Bertz CT molecular complexity index is 401. The van der Waals surface area contributed by atoms with Crippen LogP contribution in [0.3, 0.4) is 0 Å². The fourth-order valence-electron chi connectivity index (χ4n) is 2.98. The lowest BCUT2D eigenvalue weighted by Gasteiger charge is -2.37. The van der Waals surface area contributed by atoms with Crippen molar-refractivity contribution in [3.05, 3.63) is 29.8 Å². The van der Waals surface area contributed by atoms with Gasteiger partial charge in [-0.05, 0) is 57.0 Å². The third-order valence-corrected chi connectivity index (χ3v) is 4.51. The maximum absolute atomic E-state index is 6.02. The number of likely N-dealkylation sites (tertiary alicyclic amines) is 1. The smallest absolute Gasteiger partial charge is 0.0414 e. The van der Waals surface area contributed by atoms with Crippen LogP contribution in [0.15, 0.2) is 24.3 Å². The summed E-state index contributed by atoms with van der Waals surface area (Å²) in [4.78, 5) is 4.86. The Morgan fingerprint density at radius 2 is 2.05 bits per heavy atom. The normalized spacial score (nSPS) is 21.7. The van der Waals surface area contributed by atoms with Crippen molar-refractivity contribution in [1.82, 2.24) is 4.90 Å². The van der Waals surface area contributed by atoms with Gasteiger partial charge in [0.05, 0.1) is 0 Å². The molecular weight excluding hydrogens is 246 g/mol. The van der Waals surface area contributed by atoms with Gasteiger partial charge >= 0.3 is 0 Å². The second-order valence-electron chi connectivity index (χ2n) is 6.21. The lowest BCUT2D eigenvalue weighted by atomic mass is 10.0. The van der Waals surface area contributed by atoms with Gasteiger partial charge in [-0.2, -0.15) is 0 Å². The summed E-state index contributed by atoms with van der Waals surface area (Å²) in [5.74, 6) is 0. The predicted molar refractivity (Wildman–Crippen MR) is 87.3 cm³/mol. The highest BCUT2D eigenvalue weighted by atomic mass is 15.2. The van der Waals surface area contributed by atoms with E-state index in [2.05, 4.69) is 55.1 Å². The summed E-state index contributed by atoms with van der Waals surface area (Å²) in [6.45, 7) is 4.55. The molecule has 0 aliphatic carbocycles. The Balaban J connectivity index is 1.98. The first-order chi connectivity index (χ1) is 9.60. The molecule has 1 aromatic carbocycles. The molecule has 20 heavy (non-hydrogen) atoms. The Hall–Kier alpha value is -1.06. The Labute approximate surface area is 123 Å². The molecule has 112 valence electrons. The first-order valence-corrected chi connectivity index (χ1v) is 7.86. The van der Waals surface area contributed by atoms with E-state index in [-0.39, 0.29) is 6.04 Å². The minimum absolute atomic E-state index is 0.283. The zero-order valence-corrected chi connectivity index (χ0v) is 13.2. The van der Waals surface area contributed by atoms with E-state index < -0.39 is 0 Å². The number of hydrogen-bond acceptors (Lipinski definition) is 3. The molecule has 2 rings (SSSR count). The van der Waals surface area contributed by atoms with Gasteiger partial charge in [0.2, 0.25) is 0 Å². The number of piperidine rings is 1. The van der Waals surface area contributed by atoms with Crippen molar-refractivity contribution in [2.45, 2.75) is 44.7 Å². The van der Waals surface area contributed by atoms with Gasteiger partial charge in [0.1, 0.15) is 0 Å². The maximum atomic E-state index is 6.02. The zero-order chi connectivity index (χ0) is 14.5. The van der Waals surface area contributed by atoms with Crippen molar-refractivity contribution in [3.8, 4) is 0 Å². The topological polar surface area (TPSA) is 32.5 Å². The van der Waals surface area contributed by atoms with Gasteiger partial charge in [0.15, 0.2) is 0 Å². The average Bonchev–Trinajstić information content (AvgIpc) is 2.47. The summed E-state index contributed by atoms with van der Waals surface area (Å²) in [6, 6.07) is 9.86. The molecule has 3 nitrogen and oxygen atoms in total. The molecule has 0 amide bonds. The van der Waals surface area contributed by atoms with E-state index in [1.165, 1.54) is 37.2 Å². The van der Waals surface area contributed by atoms with E-state index >= 15 is 0 Å². The predicted octanol–water partition coefficient (Wildman–Crippen LogP) is 2.50. The van der Waals surface area contributed by atoms with Crippen LogP contribution < -0.4 is 10.6 Å². The number of nitrogens with two attached hydrogens (primary N) is 1. The highest BCUT2D eigenvalue weighted by Gasteiger charge is 2.21. The van der Waals surface area contributed by atoms with Crippen molar-refractivity contribution in [2.75, 3.05) is 32.1 Å². The summed E-state index contributed by atoms with van der Waals surface area (Å²) < 4.78 is 0. The van der Waals surface area contributed by atoms with E-state index in [1.807, 2.05) is 0 Å². The molecule has 1 aromatic rings. The first-order valence-electron chi connectivity index (χ1n) is 7.86. The molecule has 1 saturated heterocycles. The quantitative estimate of drug-likeness (QED) is 0.896. The van der Waals surface area contributed by atoms with Crippen molar-refractivity contribution < 1.29 is 0 Å². The fourth-order valence-corrected chi connectivity index (χ4v) is 2.98. The summed E-state index contributed by atoms with van der Waals surface area (Å²) in [6.07, 6.45) is 4.61. The maximum Gasteiger partial charge on any atom is 0.0414 e. The monoisotopic (exact) mass is 275 g/mol. The number of hydrogen-bond donors (Lipinski definition) is 1. The van der Waals surface area contributed by atoms with Gasteiger partial charge in [-0.1, -0.05) is 19.1 Å². The van der Waals surface area contributed by atoms with Crippen molar-refractivity contribution >= 4 is 5.69 Å². The molecule has 1 fully saturated rings. The molecule has 1 heterocycles. The molecular formula is C17H29N3. The molecule has 1 aliphatic rings. The molecule has 0 saturated carbocycles. The molecule has 1 aliphatic heterocycles. The van der Waals surface area contributed by atoms with Crippen LogP contribution >= 0.6 is 0 Å². The lowest BCUT2D eigenvalue weighted by molar-refractivity contribution is 0.248. The van der Waals surface area contributed by atoms with Crippen LogP contribution in [-0.4, -0.2) is 44.2 Å². The Morgan fingerprint density at radius 1 is 1.35 bits per heavy atom. The molecule has 2 N–H and O–H groups in total. The van der Waals surface area contributed by atoms with Crippen LogP contribution in [0.5, 0.6) is 0 Å². The van der Waals surface area contributed by atoms with Crippen LogP contribution in [0.25, 0.3) is 0 Å². The summed E-state index contributed by atoms with van der Waals surface area (Å²) in [5.41, 5.74) is 8.68. The summed E-state index contributed by atoms with van der Waals surface area (Å²) >= 11 is 0. The van der Waals surface area contributed by atoms with E-state index in [9.17, 15) is 0 Å². The van der Waals surface area contributed by atoms with Gasteiger partial charge in [-0.15, -0.1) is 0 Å². The SMILES string of the molecule is CCC(N)Cc1ccc(N(C)C2CCCN(C)C2)cc1. The molecule has 2 unspecified atom stereocenters. The minimum Gasteiger partial charge on any atom is -0.370 e. The van der Waals surface area contributed by atoms with Crippen LogP contribution in [0, 0.1) is 0 Å². The third kappa shape index (κ3) is 3.97. The van der Waals surface area contributed by atoms with Crippen LogP contribution in [0.2, 0.25) is 0 Å². The van der Waals surface area contributed by atoms with Gasteiger partial charge in [-0.25, -0.2) is 0 Å². The number of rotatable bonds is 5. The number of anilines is 1. The van der Waals surface area contributed by atoms with Gasteiger partial charge in [0, 0.05) is 31.4 Å². The largest absolute Gasteiger partial charge is 0.370 e. The van der Waals surface area contributed by atoms with Crippen LogP contribution in [0.1, 0.15) is 31.7 Å². The standard InChI is InChI=1S/C17H29N3/c1-4-15(18)12-14-7-9-16(10-8-14)20(3)17-6-5-11-19(2)13-17/h7-10,15,17H,4-6,11-13,18H2,1-3H3. The molecule has 2 atom stereocenters. The van der Waals surface area contributed by atoms with Crippen molar-refractivity contribution in [2.24, 2.45) is 5.73 Å². The van der Waals surface area contributed by atoms with E-state index in [4.69, 9.17) is 5.73 Å². The Kier molecular flexibility index (Phi) is 5.44. The molecule has 0 bridgehead atoms. The minimum atomic E-state index is 0.283. The second-order valence-corrected chi connectivity index (χ2v) is 6.21. The van der Waals surface area contributed by atoms with Crippen LogP contribution in [0.4, 0.5) is 5.69 Å². The highest BCUT2D eigenvalue weighted by molar-refractivity contribution is 5.48.